The van der Waals surface area contributed by atoms with Crippen LogP contribution in [0.1, 0.15) is 53.4 Å². The molecule has 0 amide bonds. The molecule has 0 heteroatoms. The van der Waals surface area contributed by atoms with Crippen LogP contribution in [0.25, 0.3) is 0 Å². The summed E-state index contributed by atoms with van der Waals surface area (Å²) in [6.45, 7) is 13.3. The second-order valence-corrected chi connectivity index (χ2v) is 4.08. The molecule has 0 fully saturated rings. The van der Waals surface area contributed by atoms with Crippen molar-refractivity contribution in [3.05, 3.63) is 6.92 Å². The molecule has 0 aliphatic carbocycles. The highest BCUT2D eigenvalue weighted by atomic mass is 14.2. The molecule has 0 N–H and O–H groups in total. The van der Waals surface area contributed by atoms with Crippen LogP contribution in [0.2, 0.25) is 0 Å². The molecule has 0 nitrogen and oxygen atoms in total. The van der Waals surface area contributed by atoms with E-state index in [0.29, 0.717) is 0 Å². The molecule has 0 aliphatic heterocycles. The van der Waals surface area contributed by atoms with Gasteiger partial charge in [-0.2, -0.15) is 0 Å². The van der Waals surface area contributed by atoms with Gasteiger partial charge in [-0.05, 0) is 17.8 Å². The highest BCUT2D eigenvalue weighted by Gasteiger charge is 2.18. The summed E-state index contributed by atoms with van der Waals surface area (Å²) >= 11 is 0. The van der Waals surface area contributed by atoms with E-state index in [-0.39, 0.29) is 0 Å². The highest BCUT2D eigenvalue weighted by molar-refractivity contribution is 4.71. The molecule has 0 aromatic heterocycles. The summed E-state index contributed by atoms with van der Waals surface area (Å²) in [5.41, 5.74) is 0. The molecule has 1 radical (unpaired) electrons. The van der Waals surface area contributed by atoms with Crippen molar-refractivity contribution in [2.24, 2.45) is 17.8 Å². The van der Waals surface area contributed by atoms with Crippen molar-refractivity contribution < 1.29 is 0 Å². The average molecular weight is 169 g/mol. The first-order valence-corrected chi connectivity index (χ1v) is 5.46. The van der Waals surface area contributed by atoms with E-state index in [1.807, 2.05) is 0 Å². The fourth-order valence-electron chi connectivity index (χ4n) is 2.02. The van der Waals surface area contributed by atoms with E-state index in [9.17, 15) is 0 Å². The van der Waals surface area contributed by atoms with Gasteiger partial charge in [-0.25, -0.2) is 0 Å². The summed E-state index contributed by atoms with van der Waals surface area (Å²) in [6.07, 6.45) is 5.08. The van der Waals surface area contributed by atoms with Gasteiger partial charge in [0.1, 0.15) is 0 Å². The SMILES string of the molecule is [CH2]CC(CC)C(C)C(C)CCC. The summed E-state index contributed by atoms with van der Waals surface area (Å²) in [7, 11) is 0. The predicted molar refractivity (Wildman–Crippen MR) is 57.0 cm³/mol. The third-order valence-corrected chi connectivity index (χ3v) is 3.28. The van der Waals surface area contributed by atoms with Gasteiger partial charge in [-0.15, -0.1) is 0 Å². The monoisotopic (exact) mass is 169 g/mol. The topological polar surface area (TPSA) is 0 Å². The van der Waals surface area contributed by atoms with Crippen LogP contribution in [0.3, 0.4) is 0 Å². The second-order valence-electron chi connectivity index (χ2n) is 4.08. The summed E-state index contributed by atoms with van der Waals surface area (Å²) in [6, 6.07) is 0. The standard InChI is InChI=1S/C12H25/c1-6-9-10(4)11(5)12(7-2)8-3/h10-12H,2,6-9H2,1,3-5H3. The largest absolute Gasteiger partial charge is 0.0654 e. The van der Waals surface area contributed by atoms with Crippen LogP contribution >= 0.6 is 0 Å². The fourth-order valence-corrected chi connectivity index (χ4v) is 2.02. The smallest absolute Gasteiger partial charge is 0.0389 e. The third kappa shape index (κ3) is 3.60. The molecule has 73 valence electrons. The van der Waals surface area contributed by atoms with Crippen LogP contribution in [0.15, 0.2) is 0 Å². The van der Waals surface area contributed by atoms with Crippen LogP contribution in [0.4, 0.5) is 0 Å². The number of rotatable bonds is 6. The summed E-state index contributed by atoms with van der Waals surface area (Å²) in [5.74, 6) is 2.57. The van der Waals surface area contributed by atoms with Crippen LogP contribution in [-0.2, 0) is 0 Å². The molecule has 0 heterocycles. The molecule has 3 unspecified atom stereocenters. The fraction of sp³-hybridized carbons (Fsp3) is 0.917. The molecule has 0 aromatic rings. The summed E-state index contributed by atoms with van der Waals surface area (Å²) in [5, 5.41) is 0. The van der Waals surface area contributed by atoms with E-state index in [1.54, 1.807) is 0 Å². The van der Waals surface area contributed by atoms with Gasteiger partial charge < -0.3 is 0 Å². The Hall–Kier alpha value is 0. The maximum absolute atomic E-state index is 4.02. The van der Waals surface area contributed by atoms with Gasteiger partial charge in [0.2, 0.25) is 0 Å². The Labute approximate surface area is 78.8 Å². The lowest BCUT2D eigenvalue weighted by molar-refractivity contribution is 0.243. The molecule has 0 rings (SSSR count). The minimum Gasteiger partial charge on any atom is -0.0654 e. The molecule has 0 saturated carbocycles. The first kappa shape index (κ1) is 12.0. The predicted octanol–water partition coefficient (Wildman–Crippen LogP) is 4.31. The van der Waals surface area contributed by atoms with Gasteiger partial charge in [0, 0.05) is 0 Å². The zero-order valence-electron chi connectivity index (χ0n) is 9.27. The minimum absolute atomic E-state index is 0.839. The first-order valence-electron chi connectivity index (χ1n) is 5.46. The molecular weight excluding hydrogens is 144 g/mol. The Morgan fingerprint density at radius 2 is 1.75 bits per heavy atom. The average Bonchev–Trinajstić information content (AvgIpc) is 2.07. The lowest BCUT2D eigenvalue weighted by Gasteiger charge is -2.27. The van der Waals surface area contributed by atoms with Crippen molar-refractivity contribution in [1.82, 2.24) is 0 Å². The third-order valence-electron chi connectivity index (χ3n) is 3.28. The molecule has 0 bridgehead atoms. The van der Waals surface area contributed by atoms with Crippen LogP contribution < -0.4 is 0 Å². The Balaban J connectivity index is 3.87. The Kier molecular flexibility index (Phi) is 6.51. The molecule has 3 atom stereocenters. The van der Waals surface area contributed by atoms with Crippen LogP contribution in [-0.4, -0.2) is 0 Å². The quantitative estimate of drug-likeness (QED) is 0.556. The van der Waals surface area contributed by atoms with E-state index >= 15 is 0 Å². The van der Waals surface area contributed by atoms with Gasteiger partial charge in [0.25, 0.3) is 0 Å². The maximum Gasteiger partial charge on any atom is -0.0389 e. The first-order chi connectivity index (χ1) is 5.67. The van der Waals surface area contributed by atoms with Crippen molar-refractivity contribution in [3.8, 4) is 0 Å². The van der Waals surface area contributed by atoms with Gasteiger partial charge in [0.05, 0.1) is 0 Å². The van der Waals surface area contributed by atoms with Crippen molar-refractivity contribution in [2.45, 2.75) is 53.4 Å². The van der Waals surface area contributed by atoms with Gasteiger partial charge in [-0.1, -0.05) is 60.3 Å². The minimum atomic E-state index is 0.839. The van der Waals surface area contributed by atoms with Gasteiger partial charge in [-0.3, -0.25) is 0 Å². The zero-order chi connectivity index (χ0) is 9.56. The summed E-state index contributed by atoms with van der Waals surface area (Å²) < 4.78 is 0. The number of hydrogen-bond donors (Lipinski definition) is 0. The van der Waals surface area contributed by atoms with E-state index in [4.69, 9.17) is 0 Å². The lowest BCUT2D eigenvalue weighted by atomic mass is 9.79. The molecule has 0 aliphatic rings. The van der Waals surface area contributed by atoms with Gasteiger partial charge >= 0.3 is 0 Å². The summed E-state index contributed by atoms with van der Waals surface area (Å²) in [4.78, 5) is 0. The van der Waals surface area contributed by atoms with Crippen LogP contribution in [0.5, 0.6) is 0 Å². The lowest BCUT2D eigenvalue weighted by Crippen LogP contribution is -2.17. The van der Waals surface area contributed by atoms with E-state index in [0.717, 1.165) is 24.2 Å². The maximum atomic E-state index is 4.02. The van der Waals surface area contributed by atoms with Crippen molar-refractivity contribution in [3.63, 3.8) is 0 Å². The Morgan fingerprint density at radius 3 is 2.08 bits per heavy atom. The molecule has 0 aromatic carbocycles. The van der Waals surface area contributed by atoms with Crippen LogP contribution in [0, 0.1) is 24.7 Å². The van der Waals surface area contributed by atoms with E-state index < -0.39 is 0 Å². The molecule has 0 spiro atoms. The van der Waals surface area contributed by atoms with Crippen molar-refractivity contribution in [2.75, 3.05) is 0 Å². The normalized spacial score (nSPS) is 16.5. The van der Waals surface area contributed by atoms with Gasteiger partial charge in [0.15, 0.2) is 0 Å². The highest BCUT2D eigenvalue weighted by Crippen LogP contribution is 2.28. The van der Waals surface area contributed by atoms with Crippen molar-refractivity contribution in [1.29, 1.82) is 0 Å². The van der Waals surface area contributed by atoms with E-state index in [1.165, 1.54) is 19.3 Å². The Morgan fingerprint density at radius 1 is 1.17 bits per heavy atom. The Bertz CT molecular complexity index is 92.2. The van der Waals surface area contributed by atoms with E-state index in [2.05, 4.69) is 34.6 Å². The second kappa shape index (κ2) is 6.51. The molecule has 0 saturated heterocycles. The molecule has 12 heavy (non-hydrogen) atoms. The number of hydrogen-bond acceptors (Lipinski definition) is 0. The zero-order valence-corrected chi connectivity index (χ0v) is 9.27. The van der Waals surface area contributed by atoms with Crippen molar-refractivity contribution >= 4 is 0 Å². The molecular formula is C12H25.